The number of amides is 1. The van der Waals surface area contributed by atoms with Crippen LogP contribution in [0, 0.1) is 6.92 Å². The lowest BCUT2D eigenvalue weighted by atomic mass is 10.0. The molecule has 6 nitrogen and oxygen atoms in total. The Labute approximate surface area is 147 Å². The number of hydrogen-bond donors (Lipinski definition) is 2. The average molecular weight is 354 g/mol. The molecule has 2 N–H and O–H groups in total. The molecule has 1 saturated heterocycles. The van der Waals surface area contributed by atoms with Crippen LogP contribution in [0.2, 0.25) is 5.02 Å². The van der Waals surface area contributed by atoms with Crippen molar-refractivity contribution in [2.24, 2.45) is 0 Å². The lowest BCUT2D eigenvalue weighted by Gasteiger charge is -2.35. The van der Waals surface area contributed by atoms with Gasteiger partial charge in [0.15, 0.2) is 0 Å². The fourth-order valence-corrected chi connectivity index (χ4v) is 3.15. The fourth-order valence-electron chi connectivity index (χ4n) is 2.98. The van der Waals surface area contributed by atoms with E-state index in [1.54, 1.807) is 12.1 Å². The summed E-state index contributed by atoms with van der Waals surface area (Å²) in [5, 5.41) is 12.4. The predicted molar refractivity (Wildman–Crippen MR) is 94.5 cm³/mol. The van der Waals surface area contributed by atoms with Gasteiger partial charge in [-0.05, 0) is 44.5 Å². The Bertz CT molecular complexity index is 601. The van der Waals surface area contributed by atoms with Crippen LogP contribution in [0.25, 0.3) is 0 Å². The van der Waals surface area contributed by atoms with Gasteiger partial charge in [0.05, 0.1) is 13.1 Å². The number of aryl methyl sites for hydroxylation is 1. The normalized spacial score (nSPS) is 16.3. The summed E-state index contributed by atoms with van der Waals surface area (Å²) in [7, 11) is 1.84. The molecule has 1 aromatic rings. The predicted octanol–water partition coefficient (Wildman–Crippen LogP) is 2.07. The number of likely N-dealkylation sites (N-methyl/N-ethyl adjacent to an activating group) is 1. The van der Waals surface area contributed by atoms with Crippen LogP contribution < -0.4 is 5.32 Å². The minimum absolute atomic E-state index is 0.0548. The zero-order chi connectivity index (χ0) is 17.7. The van der Waals surface area contributed by atoms with Gasteiger partial charge in [0, 0.05) is 29.8 Å². The second kappa shape index (κ2) is 8.46. The highest BCUT2D eigenvalue weighted by atomic mass is 35.5. The Kier molecular flexibility index (Phi) is 6.60. The topological polar surface area (TPSA) is 72.9 Å². The van der Waals surface area contributed by atoms with E-state index in [4.69, 9.17) is 16.7 Å². The number of nitrogens with one attached hydrogen (secondary N) is 1. The first-order valence-electron chi connectivity index (χ1n) is 8.05. The molecule has 132 valence electrons. The van der Waals surface area contributed by atoms with E-state index in [2.05, 4.69) is 10.2 Å². The van der Waals surface area contributed by atoms with Gasteiger partial charge in [-0.2, -0.15) is 0 Å². The number of carboxylic acid groups (broad SMARTS) is 1. The van der Waals surface area contributed by atoms with Gasteiger partial charge in [0.25, 0.3) is 0 Å². The molecule has 0 spiro atoms. The second-order valence-electron chi connectivity index (χ2n) is 6.32. The molecule has 0 aliphatic carbocycles. The van der Waals surface area contributed by atoms with Crippen LogP contribution in [0.3, 0.4) is 0 Å². The number of likely N-dealkylation sites (tertiary alicyclic amines) is 1. The number of halogens is 1. The number of piperidine rings is 1. The maximum absolute atomic E-state index is 12.2. The van der Waals surface area contributed by atoms with E-state index >= 15 is 0 Å². The van der Waals surface area contributed by atoms with Gasteiger partial charge >= 0.3 is 5.97 Å². The zero-order valence-electron chi connectivity index (χ0n) is 14.1. The van der Waals surface area contributed by atoms with Crippen LogP contribution in [-0.4, -0.2) is 66.1 Å². The van der Waals surface area contributed by atoms with Gasteiger partial charge in [-0.1, -0.05) is 17.7 Å². The summed E-state index contributed by atoms with van der Waals surface area (Å²) in [6.45, 7) is 3.89. The third-order valence-corrected chi connectivity index (χ3v) is 4.64. The summed E-state index contributed by atoms with van der Waals surface area (Å²) >= 11 is 5.97. The largest absolute Gasteiger partial charge is 0.480 e. The molecule has 0 radical (unpaired) electrons. The van der Waals surface area contributed by atoms with E-state index < -0.39 is 5.97 Å². The highest BCUT2D eigenvalue weighted by Gasteiger charge is 2.24. The van der Waals surface area contributed by atoms with Crippen molar-refractivity contribution in [3.8, 4) is 0 Å². The summed E-state index contributed by atoms with van der Waals surface area (Å²) in [6.07, 6.45) is 1.74. The summed E-state index contributed by atoms with van der Waals surface area (Å²) < 4.78 is 0. The molecule has 24 heavy (non-hydrogen) atoms. The van der Waals surface area contributed by atoms with E-state index in [-0.39, 0.29) is 18.5 Å². The Hall–Kier alpha value is -1.63. The van der Waals surface area contributed by atoms with E-state index in [1.165, 1.54) is 0 Å². The highest BCUT2D eigenvalue weighted by Crippen LogP contribution is 2.20. The second-order valence-corrected chi connectivity index (χ2v) is 6.76. The molecular weight excluding hydrogens is 330 g/mol. The molecule has 0 aromatic heterocycles. The number of carboxylic acids is 1. The molecule has 1 aliphatic heterocycles. The van der Waals surface area contributed by atoms with E-state index in [1.807, 2.05) is 24.9 Å². The third-order valence-electron chi connectivity index (χ3n) is 4.41. The first-order chi connectivity index (χ1) is 11.3. The lowest BCUT2D eigenvalue weighted by molar-refractivity contribution is -0.138. The molecule has 1 aliphatic rings. The van der Waals surface area contributed by atoms with Crippen LogP contribution in [0.4, 0.5) is 5.69 Å². The van der Waals surface area contributed by atoms with E-state index in [0.29, 0.717) is 11.6 Å². The molecule has 7 heteroatoms. The van der Waals surface area contributed by atoms with Gasteiger partial charge in [-0.25, -0.2) is 0 Å². The van der Waals surface area contributed by atoms with Crippen LogP contribution in [-0.2, 0) is 9.59 Å². The van der Waals surface area contributed by atoms with Crippen LogP contribution in [0.5, 0.6) is 0 Å². The summed E-state index contributed by atoms with van der Waals surface area (Å²) in [4.78, 5) is 27.0. The average Bonchev–Trinajstić information content (AvgIpc) is 2.51. The Morgan fingerprint density at radius 2 is 2.04 bits per heavy atom. The summed E-state index contributed by atoms with van der Waals surface area (Å²) in [6, 6.07) is 5.68. The van der Waals surface area contributed by atoms with Gasteiger partial charge in [0.1, 0.15) is 0 Å². The maximum atomic E-state index is 12.2. The standard InChI is InChI=1S/C17H24ClN3O3/c1-12-3-4-13(18)9-15(12)19-16(22)10-21-7-5-14(6-8-21)20(2)11-17(23)24/h3-4,9,14H,5-8,10-11H2,1-2H3,(H,19,22)(H,23,24). The van der Waals surface area contributed by atoms with Crippen molar-refractivity contribution in [2.75, 3.05) is 38.5 Å². The Morgan fingerprint density at radius 1 is 1.38 bits per heavy atom. The van der Waals surface area contributed by atoms with Crippen molar-refractivity contribution in [2.45, 2.75) is 25.8 Å². The molecule has 0 bridgehead atoms. The summed E-state index contributed by atoms with van der Waals surface area (Å²) in [5.74, 6) is -0.867. The van der Waals surface area contributed by atoms with Crippen molar-refractivity contribution < 1.29 is 14.7 Å². The minimum Gasteiger partial charge on any atom is -0.480 e. The van der Waals surface area contributed by atoms with Gasteiger partial charge in [-0.3, -0.25) is 19.4 Å². The third kappa shape index (κ3) is 5.47. The van der Waals surface area contributed by atoms with Gasteiger partial charge in [0.2, 0.25) is 5.91 Å². The van der Waals surface area contributed by atoms with Crippen molar-refractivity contribution in [1.29, 1.82) is 0 Å². The van der Waals surface area contributed by atoms with Gasteiger partial charge in [-0.15, -0.1) is 0 Å². The number of nitrogens with zero attached hydrogens (tertiary/aromatic N) is 2. The number of benzene rings is 1. The molecule has 1 aromatic carbocycles. The lowest BCUT2D eigenvalue weighted by Crippen LogP contribution is -2.46. The van der Waals surface area contributed by atoms with Crippen molar-refractivity contribution >= 4 is 29.2 Å². The number of hydrogen-bond acceptors (Lipinski definition) is 4. The smallest absolute Gasteiger partial charge is 0.317 e. The van der Waals surface area contributed by atoms with Crippen LogP contribution in [0.1, 0.15) is 18.4 Å². The first kappa shape index (κ1) is 18.7. The van der Waals surface area contributed by atoms with Gasteiger partial charge < -0.3 is 10.4 Å². The first-order valence-corrected chi connectivity index (χ1v) is 8.43. The van der Waals surface area contributed by atoms with Crippen molar-refractivity contribution in [1.82, 2.24) is 9.80 Å². The Balaban J connectivity index is 1.80. The zero-order valence-corrected chi connectivity index (χ0v) is 14.8. The molecule has 2 rings (SSSR count). The Morgan fingerprint density at radius 3 is 2.67 bits per heavy atom. The molecule has 0 atom stereocenters. The van der Waals surface area contributed by atoms with E-state index in [0.717, 1.165) is 37.2 Å². The monoisotopic (exact) mass is 353 g/mol. The molecule has 0 unspecified atom stereocenters. The minimum atomic E-state index is -0.809. The molecule has 1 heterocycles. The highest BCUT2D eigenvalue weighted by molar-refractivity contribution is 6.31. The molecule has 1 fully saturated rings. The number of carbonyl (C=O) groups is 2. The van der Waals surface area contributed by atoms with Crippen molar-refractivity contribution in [3.05, 3.63) is 28.8 Å². The summed E-state index contributed by atoms with van der Waals surface area (Å²) in [5.41, 5.74) is 1.71. The van der Waals surface area contributed by atoms with Crippen LogP contribution in [0.15, 0.2) is 18.2 Å². The number of anilines is 1. The molecule has 0 saturated carbocycles. The number of carbonyl (C=O) groups excluding carboxylic acids is 1. The number of aliphatic carboxylic acids is 1. The quantitative estimate of drug-likeness (QED) is 0.819. The SMILES string of the molecule is Cc1ccc(Cl)cc1NC(=O)CN1CCC(N(C)CC(=O)O)CC1. The van der Waals surface area contributed by atoms with Crippen molar-refractivity contribution in [3.63, 3.8) is 0 Å². The number of rotatable bonds is 6. The fraction of sp³-hybridized carbons (Fsp3) is 0.529. The van der Waals surface area contributed by atoms with E-state index in [9.17, 15) is 9.59 Å². The molecular formula is C17H24ClN3O3. The maximum Gasteiger partial charge on any atom is 0.317 e. The van der Waals surface area contributed by atoms with Crippen LogP contribution >= 0.6 is 11.6 Å². The molecule has 1 amide bonds.